The zero-order valence-corrected chi connectivity index (χ0v) is 19.2. The highest BCUT2D eigenvalue weighted by molar-refractivity contribution is 14.0. The lowest BCUT2D eigenvalue weighted by Gasteiger charge is -2.33. The SMILES string of the molecule is COC(=O)C1CCN(C(=NCC(=O)N(C)C)NCCc2ccccc2)CC1.I. The molecule has 7 nitrogen and oxygen atoms in total. The van der Waals surface area contributed by atoms with Gasteiger partial charge in [-0.25, -0.2) is 4.99 Å². The maximum atomic E-state index is 11.9. The van der Waals surface area contributed by atoms with Crippen LogP contribution in [0.4, 0.5) is 0 Å². The number of amides is 1. The summed E-state index contributed by atoms with van der Waals surface area (Å²) in [6.45, 7) is 2.27. The second kappa shape index (κ2) is 12.6. The van der Waals surface area contributed by atoms with Crippen LogP contribution in [0.3, 0.4) is 0 Å². The Balaban J connectivity index is 0.00000392. The van der Waals surface area contributed by atoms with Crippen molar-refractivity contribution in [3.63, 3.8) is 0 Å². The zero-order valence-electron chi connectivity index (χ0n) is 16.9. The van der Waals surface area contributed by atoms with Gasteiger partial charge in [0.2, 0.25) is 5.91 Å². The zero-order chi connectivity index (χ0) is 19.6. The Labute approximate surface area is 184 Å². The third-order valence-electron chi connectivity index (χ3n) is 4.73. The quantitative estimate of drug-likeness (QED) is 0.278. The fraction of sp³-hybridized carbons (Fsp3) is 0.550. The largest absolute Gasteiger partial charge is 0.469 e. The molecule has 1 heterocycles. The first-order chi connectivity index (χ1) is 13.0. The third-order valence-corrected chi connectivity index (χ3v) is 4.73. The van der Waals surface area contributed by atoms with Crippen molar-refractivity contribution in [3.05, 3.63) is 35.9 Å². The first-order valence-corrected chi connectivity index (χ1v) is 9.36. The van der Waals surface area contributed by atoms with E-state index >= 15 is 0 Å². The third kappa shape index (κ3) is 7.65. The molecule has 0 radical (unpaired) electrons. The Morgan fingerprint density at radius 1 is 1.21 bits per heavy atom. The van der Waals surface area contributed by atoms with Gasteiger partial charge in [0.05, 0.1) is 13.0 Å². The molecule has 0 spiro atoms. The molecule has 0 saturated carbocycles. The Kier molecular flexibility index (Phi) is 10.9. The van der Waals surface area contributed by atoms with Crippen LogP contribution >= 0.6 is 24.0 Å². The molecule has 1 aromatic rings. The van der Waals surface area contributed by atoms with E-state index < -0.39 is 0 Å². The summed E-state index contributed by atoms with van der Waals surface area (Å²) in [5, 5.41) is 3.38. The van der Waals surface area contributed by atoms with Gasteiger partial charge in [-0.05, 0) is 24.8 Å². The molecule has 0 aliphatic carbocycles. The summed E-state index contributed by atoms with van der Waals surface area (Å²) in [7, 11) is 4.88. The van der Waals surface area contributed by atoms with E-state index in [2.05, 4.69) is 27.3 Å². The van der Waals surface area contributed by atoms with Crippen LogP contribution < -0.4 is 5.32 Å². The van der Waals surface area contributed by atoms with Crippen molar-refractivity contribution in [1.82, 2.24) is 15.1 Å². The van der Waals surface area contributed by atoms with Crippen molar-refractivity contribution in [2.45, 2.75) is 19.3 Å². The monoisotopic (exact) mass is 502 g/mol. The van der Waals surface area contributed by atoms with E-state index in [1.165, 1.54) is 17.6 Å². The fourth-order valence-electron chi connectivity index (χ4n) is 3.01. The smallest absolute Gasteiger partial charge is 0.308 e. The molecule has 1 aromatic carbocycles. The molecule has 1 N–H and O–H groups in total. The summed E-state index contributed by atoms with van der Waals surface area (Å²) >= 11 is 0. The number of nitrogens with one attached hydrogen (secondary N) is 1. The van der Waals surface area contributed by atoms with Gasteiger partial charge in [0, 0.05) is 33.7 Å². The topological polar surface area (TPSA) is 74.2 Å². The van der Waals surface area contributed by atoms with Crippen LogP contribution in [0.1, 0.15) is 18.4 Å². The summed E-state index contributed by atoms with van der Waals surface area (Å²) in [6.07, 6.45) is 2.33. The second-order valence-corrected chi connectivity index (χ2v) is 6.87. The number of piperidine rings is 1. The van der Waals surface area contributed by atoms with Crippen molar-refractivity contribution >= 4 is 41.8 Å². The fourth-order valence-corrected chi connectivity index (χ4v) is 3.01. The number of carbonyl (C=O) groups excluding carboxylic acids is 2. The Morgan fingerprint density at radius 2 is 1.86 bits per heavy atom. The van der Waals surface area contributed by atoms with Crippen LogP contribution in [0.25, 0.3) is 0 Å². The standard InChI is InChI=1S/C20H30N4O3.HI/c1-23(2)18(25)15-22-20(21-12-9-16-7-5-4-6-8-16)24-13-10-17(11-14-24)19(26)27-3;/h4-8,17H,9-15H2,1-3H3,(H,21,22);1H. The molecule has 2 rings (SSSR count). The number of methoxy groups -OCH3 is 1. The number of rotatable bonds is 6. The molecule has 0 atom stereocenters. The van der Waals surface area contributed by atoms with Crippen molar-refractivity contribution in [1.29, 1.82) is 0 Å². The summed E-state index contributed by atoms with van der Waals surface area (Å²) in [5.74, 6) is 0.486. The number of benzene rings is 1. The highest BCUT2D eigenvalue weighted by atomic mass is 127. The molecule has 0 unspecified atom stereocenters. The summed E-state index contributed by atoms with van der Waals surface area (Å²) in [4.78, 5) is 31.8. The minimum absolute atomic E-state index is 0. The van der Waals surface area contributed by atoms with Crippen LogP contribution in [0, 0.1) is 5.92 Å². The number of halogens is 1. The number of guanidine groups is 1. The predicted molar refractivity (Wildman–Crippen MR) is 121 cm³/mol. The first kappa shape index (κ1) is 24.2. The number of hydrogen-bond acceptors (Lipinski definition) is 4. The number of ether oxygens (including phenoxy) is 1. The van der Waals surface area contributed by atoms with E-state index in [1.54, 1.807) is 14.1 Å². The molecular weight excluding hydrogens is 471 g/mol. The van der Waals surface area contributed by atoms with E-state index in [0.29, 0.717) is 13.1 Å². The van der Waals surface area contributed by atoms with Crippen molar-refractivity contribution in [3.8, 4) is 0 Å². The molecule has 156 valence electrons. The van der Waals surface area contributed by atoms with Crippen LogP contribution in [-0.4, -0.2) is 75.0 Å². The molecule has 28 heavy (non-hydrogen) atoms. The second-order valence-electron chi connectivity index (χ2n) is 6.87. The maximum Gasteiger partial charge on any atom is 0.308 e. The summed E-state index contributed by atoms with van der Waals surface area (Å²) in [5.41, 5.74) is 1.25. The van der Waals surface area contributed by atoms with Gasteiger partial charge in [0.25, 0.3) is 0 Å². The molecular formula is C20H31IN4O3. The molecule has 0 aromatic heterocycles. The van der Waals surface area contributed by atoms with E-state index in [9.17, 15) is 9.59 Å². The average Bonchev–Trinajstić information content (AvgIpc) is 2.70. The van der Waals surface area contributed by atoms with Gasteiger partial charge in [0.15, 0.2) is 5.96 Å². The van der Waals surface area contributed by atoms with Gasteiger partial charge in [-0.1, -0.05) is 30.3 Å². The number of aliphatic imine (C=N–C) groups is 1. The molecule has 1 fully saturated rings. The lowest BCUT2D eigenvalue weighted by atomic mass is 9.97. The lowest BCUT2D eigenvalue weighted by Crippen LogP contribution is -2.47. The van der Waals surface area contributed by atoms with Crippen molar-refractivity contribution in [2.24, 2.45) is 10.9 Å². The summed E-state index contributed by atoms with van der Waals surface area (Å²) in [6, 6.07) is 10.2. The number of likely N-dealkylation sites (N-methyl/N-ethyl adjacent to an activating group) is 1. The van der Waals surface area contributed by atoms with Gasteiger partial charge in [-0.15, -0.1) is 24.0 Å². The predicted octanol–water partition coefficient (Wildman–Crippen LogP) is 1.77. The van der Waals surface area contributed by atoms with Crippen molar-refractivity contribution < 1.29 is 14.3 Å². The van der Waals surface area contributed by atoms with Crippen molar-refractivity contribution in [2.75, 3.05) is 47.4 Å². The van der Waals surface area contributed by atoms with Crippen LogP contribution in [-0.2, 0) is 20.7 Å². The Morgan fingerprint density at radius 3 is 2.43 bits per heavy atom. The van der Waals surface area contributed by atoms with E-state index in [4.69, 9.17) is 4.74 Å². The minimum atomic E-state index is -0.145. The lowest BCUT2D eigenvalue weighted by molar-refractivity contribution is -0.146. The van der Waals surface area contributed by atoms with Gasteiger partial charge in [-0.3, -0.25) is 9.59 Å². The average molecular weight is 502 g/mol. The molecule has 1 saturated heterocycles. The van der Waals surface area contributed by atoms with E-state index in [0.717, 1.165) is 31.8 Å². The van der Waals surface area contributed by atoms with Gasteiger partial charge >= 0.3 is 5.97 Å². The molecule has 1 aliphatic heterocycles. The number of esters is 1. The van der Waals surface area contributed by atoms with Gasteiger partial charge in [-0.2, -0.15) is 0 Å². The molecule has 8 heteroatoms. The molecule has 0 bridgehead atoms. The number of likely N-dealkylation sites (tertiary alicyclic amines) is 1. The minimum Gasteiger partial charge on any atom is -0.469 e. The number of carbonyl (C=O) groups is 2. The molecule has 1 aliphatic rings. The van der Waals surface area contributed by atoms with Crippen LogP contribution in [0.5, 0.6) is 0 Å². The van der Waals surface area contributed by atoms with E-state index in [1.807, 2.05) is 18.2 Å². The normalized spacial score (nSPS) is 14.8. The number of nitrogens with zero attached hydrogens (tertiary/aromatic N) is 3. The van der Waals surface area contributed by atoms with Gasteiger partial charge in [0.1, 0.15) is 6.54 Å². The maximum absolute atomic E-state index is 11.9. The highest BCUT2D eigenvalue weighted by Crippen LogP contribution is 2.18. The van der Waals surface area contributed by atoms with Crippen LogP contribution in [0.15, 0.2) is 35.3 Å². The molecule has 1 amide bonds. The van der Waals surface area contributed by atoms with Crippen LogP contribution in [0.2, 0.25) is 0 Å². The highest BCUT2D eigenvalue weighted by Gasteiger charge is 2.27. The van der Waals surface area contributed by atoms with E-state index in [-0.39, 0.29) is 48.3 Å². The first-order valence-electron chi connectivity index (χ1n) is 9.36. The number of hydrogen-bond donors (Lipinski definition) is 1. The Bertz CT molecular complexity index is 644. The van der Waals surface area contributed by atoms with Gasteiger partial charge < -0.3 is 19.9 Å². The summed E-state index contributed by atoms with van der Waals surface area (Å²) < 4.78 is 4.85. The Hall–Kier alpha value is -1.84.